The first kappa shape index (κ1) is 18.5. The fraction of sp³-hybridized carbons (Fsp3) is 0.316. The van der Waals surface area contributed by atoms with Gasteiger partial charge in [0.2, 0.25) is 0 Å². The molecule has 0 saturated heterocycles. The second kappa shape index (κ2) is 7.53. The molecule has 2 heterocycles. The van der Waals surface area contributed by atoms with Crippen LogP contribution in [0.15, 0.2) is 36.8 Å². The molecule has 27 heavy (non-hydrogen) atoms. The van der Waals surface area contributed by atoms with Gasteiger partial charge in [0.15, 0.2) is 0 Å². The molecule has 0 radical (unpaired) electrons. The molecular weight excluding hydrogens is 346 g/mol. The van der Waals surface area contributed by atoms with E-state index in [9.17, 15) is 4.79 Å². The van der Waals surface area contributed by atoms with Crippen LogP contribution < -0.4 is 14.8 Å². The number of ether oxygens (including phenoxy) is 2. The van der Waals surface area contributed by atoms with Crippen LogP contribution in [0.3, 0.4) is 0 Å². The number of carbonyl (C=O) groups excluding carboxylic acids is 1. The maximum Gasteiger partial charge on any atom is 0.255 e. The fourth-order valence-corrected chi connectivity index (χ4v) is 2.88. The number of rotatable bonds is 6. The van der Waals surface area contributed by atoms with Crippen molar-refractivity contribution in [3.8, 4) is 11.5 Å². The number of carbonyl (C=O) groups is 1. The summed E-state index contributed by atoms with van der Waals surface area (Å²) in [7, 11) is 6.86. The average Bonchev–Trinajstić information content (AvgIpc) is 3.24. The maximum atomic E-state index is 12.9. The predicted molar refractivity (Wildman–Crippen MR) is 100 cm³/mol. The van der Waals surface area contributed by atoms with Crippen LogP contribution in [0.4, 0.5) is 0 Å². The number of amides is 1. The average molecular weight is 369 g/mol. The van der Waals surface area contributed by atoms with Crippen LogP contribution in [-0.2, 0) is 14.1 Å². The third-order valence-electron chi connectivity index (χ3n) is 4.58. The summed E-state index contributed by atoms with van der Waals surface area (Å²) in [6, 6.07) is 5.02. The van der Waals surface area contributed by atoms with E-state index in [0.717, 1.165) is 11.3 Å². The second-order valence-corrected chi connectivity index (χ2v) is 6.22. The van der Waals surface area contributed by atoms with Crippen molar-refractivity contribution in [3.05, 3.63) is 59.4 Å². The largest absolute Gasteiger partial charge is 0.497 e. The third-order valence-corrected chi connectivity index (χ3v) is 4.58. The topological polar surface area (TPSA) is 83.2 Å². The van der Waals surface area contributed by atoms with Crippen LogP contribution in [0.5, 0.6) is 11.5 Å². The van der Waals surface area contributed by atoms with E-state index in [-0.39, 0.29) is 5.91 Å². The molecule has 8 heteroatoms. The lowest BCUT2D eigenvalue weighted by atomic mass is 10.0. The number of hydrogen-bond acceptors (Lipinski definition) is 5. The van der Waals surface area contributed by atoms with Gasteiger partial charge in [-0.05, 0) is 24.6 Å². The molecule has 0 spiro atoms. The number of aryl methyl sites for hydroxylation is 2. The molecule has 1 amide bonds. The lowest BCUT2D eigenvalue weighted by Gasteiger charge is -2.20. The van der Waals surface area contributed by atoms with Crippen molar-refractivity contribution in [2.75, 3.05) is 14.2 Å². The van der Waals surface area contributed by atoms with Crippen molar-refractivity contribution in [1.82, 2.24) is 24.6 Å². The van der Waals surface area contributed by atoms with Gasteiger partial charge in [-0.1, -0.05) is 0 Å². The first-order valence-electron chi connectivity index (χ1n) is 8.44. The Bertz CT molecular complexity index is 938. The molecule has 2 aromatic heterocycles. The zero-order valence-electron chi connectivity index (χ0n) is 16.1. The summed E-state index contributed by atoms with van der Waals surface area (Å²) < 4.78 is 14.3. The highest BCUT2D eigenvalue weighted by Gasteiger charge is 2.24. The number of hydrogen-bond donors (Lipinski definition) is 1. The molecule has 1 unspecified atom stereocenters. The summed E-state index contributed by atoms with van der Waals surface area (Å²) in [5.41, 5.74) is 2.11. The van der Waals surface area contributed by atoms with Crippen molar-refractivity contribution in [3.63, 3.8) is 0 Å². The highest BCUT2D eigenvalue weighted by atomic mass is 16.5. The second-order valence-electron chi connectivity index (χ2n) is 6.22. The van der Waals surface area contributed by atoms with E-state index in [1.807, 2.05) is 36.9 Å². The summed E-state index contributed by atoms with van der Waals surface area (Å²) >= 11 is 0. The lowest BCUT2D eigenvalue weighted by molar-refractivity contribution is 0.0940. The van der Waals surface area contributed by atoms with Crippen molar-refractivity contribution in [2.45, 2.75) is 13.0 Å². The Morgan fingerprint density at radius 3 is 2.30 bits per heavy atom. The maximum absolute atomic E-state index is 12.9. The molecule has 0 saturated carbocycles. The first-order valence-corrected chi connectivity index (χ1v) is 8.44. The summed E-state index contributed by atoms with van der Waals surface area (Å²) in [5.74, 6) is 1.74. The van der Waals surface area contributed by atoms with Crippen LogP contribution in [0.1, 0.15) is 33.5 Å². The summed E-state index contributed by atoms with van der Waals surface area (Å²) in [6.45, 7) is 1.85. The molecule has 0 aliphatic carbocycles. The Morgan fingerprint density at radius 1 is 1.15 bits per heavy atom. The van der Waals surface area contributed by atoms with Gasteiger partial charge in [0.25, 0.3) is 5.91 Å². The van der Waals surface area contributed by atoms with E-state index in [1.165, 1.54) is 0 Å². The van der Waals surface area contributed by atoms with Gasteiger partial charge in [0.05, 0.1) is 26.0 Å². The molecule has 0 aliphatic heterocycles. The summed E-state index contributed by atoms with van der Waals surface area (Å²) in [4.78, 5) is 17.3. The smallest absolute Gasteiger partial charge is 0.255 e. The normalized spacial score (nSPS) is 11.9. The van der Waals surface area contributed by atoms with Gasteiger partial charge in [0, 0.05) is 38.2 Å². The fourth-order valence-electron chi connectivity index (χ4n) is 2.88. The third kappa shape index (κ3) is 3.64. The molecule has 0 aliphatic rings. The van der Waals surface area contributed by atoms with Gasteiger partial charge in [0.1, 0.15) is 23.4 Å². The van der Waals surface area contributed by atoms with Gasteiger partial charge in [-0.3, -0.25) is 9.48 Å². The molecule has 1 atom stereocenters. The molecule has 3 rings (SSSR count). The number of nitrogens with zero attached hydrogens (tertiary/aromatic N) is 4. The van der Waals surface area contributed by atoms with Crippen LogP contribution in [0, 0.1) is 6.92 Å². The van der Waals surface area contributed by atoms with E-state index in [4.69, 9.17) is 9.47 Å². The zero-order chi connectivity index (χ0) is 19.6. The van der Waals surface area contributed by atoms with Crippen LogP contribution >= 0.6 is 0 Å². The van der Waals surface area contributed by atoms with E-state index in [2.05, 4.69) is 15.4 Å². The van der Waals surface area contributed by atoms with E-state index >= 15 is 0 Å². The lowest BCUT2D eigenvalue weighted by Crippen LogP contribution is -2.31. The van der Waals surface area contributed by atoms with E-state index < -0.39 is 6.04 Å². The Hall–Kier alpha value is -3.29. The summed E-state index contributed by atoms with van der Waals surface area (Å²) in [5, 5.41) is 7.21. The van der Waals surface area contributed by atoms with Gasteiger partial charge in [-0.15, -0.1) is 0 Å². The minimum Gasteiger partial charge on any atom is -0.497 e. The Morgan fingerprint density at radius 2 is 1.81 bits per heavy atom. The number of benzene rings is 1. The SMILES string of the molecule is COc1cc(OC)cc(C(NC(=O)c2cnn(C)c2C)c2nccn2C)c1. The minimum atomic E-state index is -0.485. The van der Waals surface area contributed by atoms with Crippen LogP contribution in [-0.4, -0.2) is 39.5 Å². The van der Waals surface area contributed by atoms with Gasteiger partial charge < -0.3 is 19.4 Å². The van der Waals surface area contributed by atoms with Crippen molar-refractivity contribution in [2.24, 2.45) is 14.1 Å². The highest BCUT2D eigenvalue weighted by Crippen LogP contribution is 2.29. The highest BCUT2D eigenvalue weighted by molar-refractivity contribution is 5.95. The first-order chi connectivity index (χ1) is 12.9. The molecule has 8 nitrogen and oxygen atoms in total. The molecule has 3 aromatic rings. The van der Waals surface area contributed by atoms with Gasteiger partial charge in [-0.2, -0.15) is 5.10 Å². The van der Waals surface area contributed by atoms with Gasteiger partial charge in [-0.25, -0.2) is 4.98 Å². The zero-order valence-corrected chi connectivity index (χ0v) is 16.1. The quantitative estimate of drug-likeness (QED) is 0.719. The number of imidazole rings is 1. The van der Waals surface area contributed by atoms with Crippen LogP contribution in [0.2, 0.25) is 0 Å². The van der Waals surface area contributed by atoms with Crippen LogP contribution in [0.25, 0.3) is 0 Å². The molecule has 0 bridgehead atoms. The molecule has 0 fully saturated rings. The standard InChI is InChI=1S/C19H23N5O3/c1-12-16(11-21-24(12)3)19(25)22-17(18-20-6-7-23(18)2)13-8-14(26-4)10-15(9-13)27-5/h6-11,17H,1-5H3,(H,22,25). The number of aromatic nitrogens is 4. The molecule has 1 aromatic carbocycles. The van der Waals surface area contributed by atoms with Crippen molar-refractivity contribution in [1.29, 1.82) is 0 Å². The summed E-state index contributed by atoms with van der Waals surface area (Å²) in [6.07, 6.45) is 5.09. The van der Waals surface area contributed by atoms with Gasteiger partial charge >= 0.3 is 0 Å². The minimum absolute atomic E-state index is 0.226. The number of methoxy groups -OCH3 is 2. The van der Waals surface area contributed by atoms with E-state index in [0.29, 0.717) is 22.9 Å². The van der Waals surface area contributed by atoms with E-state index in [1.54, 1.807) is 44.4 Å². The predicted octanol–water partition coefficient (Wildman–Crippen LogP) is 2.00. The monoisotopic (exact) mass is 369 g/mol. The number of nitrogens with one attached hydrogen (secondary N) is 1. The molecule has 142 valence electrons. The molecular formula is C19H23N5O3. The Balaban J connectivity index is 2.04. The molecule has 1 N–H and O–H groups in total. The Kier molecular flexibility index (Phi) is 5.16. The van der Waals surface area contributed by atoms with Crippen molar-refractivity contribution < 1.29 is 14.3 Å². The Labute approximate surface area is 157 Å². The van der Waals surface area contributed by atoms with Crippen molar-refractivity contribution >= 4 is 5.91 Å².